The number of aliphatic hydroxyl groups excluding tert-OH is 1. The lowest BCUT2D eigenvalue weighted by Gasteiger charge is -2.26. The molecule has 1 aliphatic rings. The summed E-state index contributed by atoms with van der Waals surface area (Å²) in [7, 11) is 0. The summed E-state index contributed by atoms with van der Waals surface area (Å²) in [5.41, 5.74) is 3.34. The van der Waals surface area contributed by atoms with Gasteiger partial charge in [-0.05, 0) is 56.0 Å². The van der Waals surface area contributed by atoms with Crippen LogP contribution < -0.4 is 4.74 Å². The third kappa shape index (κ3) is 5.56. The molecular weight excluding hydrogens is 328 g/mol. The van der Waals surface area contributed by atoms with Gasteiger partial charge in [0.05, 0.1) is 24.9 Å². The van der Waals surface area contributed by atoms with Crippen LogP contribution in [0.4, 0.5) is 0 Å². The van der Waals surface area contributed by atoms with Gasteiger partial charge in [0.15, 0.2) is 0 Å². The lowest BCUT2D eigenvalue weighted by molar-refractivity contribution is -0.0285. The largest absolute Gasteiger partial charge is 0.491 e. The van der Waals surface area contributed by atoms with Gasteiger partial charge in [-0.2, -0.15) is 0 Å². The number of epoxide rings is 1. The number of aliphatic hydroxyl groups is 1. The van der Waals surface area contributed by atoms with Gasteiger partial charge in [-0.25, -0.2) is 0 Å². The van der Waals surface area contributed by atoms with Gasteiger partial charge in [0, 0.05) is 0 Å². The lowest BCUT2D eigenvalue weighted by atomic mass is 9.95. The number of rotatable bonds is 9. The zero-order valence-electron chi connectivity index (χ0n) is 15.8. The van der Waals surface area contributed by atoms with E-state index in [1.807, 2.05) is 12.1 Å². The molecule has 2 unspecified atom stereocenters. The molecule has 0 aromatic heterocycles. The van der Waals surface area contributed by atoms with Gasteiger partial charge in [0.2, 0.25) is 0 Å². The minimum absolute atomic E-state index is 0.279. The van der Waals surface area contributed by atoms with E-state index in [2.05, 4.69) is 50.2 Å². The molecule has 0 bridgehead atoms. The highest BCUT2D eigenvalue weighted by atomic mass is 16.6. The van der Waals surface area contributed by atoms with Gasteiger partial charge >= 0.3 is 0 Å². The third-order valence-corrected chi connectivity index (χ3v) is 4.50. The standard InChI is InChI=1S/C22H28O4/c1-16(23)13-24-20-10-6-18(7-11-20)12-17-4-8-19(9-5-17)22(2,3)26-15-21-14-25-21/h4-11,16,21,23H,12-15H2,1-3H3. The first-order valence-electron chi connectivity index (χ1n) is 9.17. The van der Waals surface area contributed by atoms with Crippen molar-refractivity contribution in [3.63, 3.8) is 0 Å². The van der Waals surface area contributed by atoms with Crippen molar-refractivity contribution in [1.29, 1.82) is 0 Å². The van der Waals surface area contributed by atoms with Gasteiger partial charge in [-0.3, -0.25) is 0 Å². The second-order valence-electron chi connectivity index (χ2n) is 7.45. The van der Waals surface area contributed by atoms with E-state index in [0.29, 0.717) is 13.2 Å². The molecular formula is C22H28O4. The summed E-state index contributed by atoms with van der Waals surface area (Å²) >= 11 is 0. The van der Waals surface area contributed by atoms with Crippen LogP contribution in [0.15, 0.2) is 48.5 Å². The van der Waals surface area contributed by atoms with Crippen molar-refractivity contribution in [3.8, 4) is 5.75 Å². The Hall–Kier alpha value is -1.88. The fourth-order valence-corrected chi connectivity index (χ4v) is 2.73. The quantitative estimate of drug-likeness (QED) is 0.696. The van der Waals surface area contributed by atoms with Crippen molar-refractivity contribution in [2.45, 2.75) is 45.0 Å². The highest BCUT2D eigenvalue weighted by Gasteiger charge is 2.28. The van der Waals surface area contributed by atoms with Crippen molar-refractivity contribution in [1.82, 2.24) is 0 Å². The molecule has 3 rings (SSSR count). The van der Waals surface area contributed by atoms with Crippen LogP contribution in [-0.4, -0.2) is 37.1 Å². The van der Waals surface area contributed by atoms with Gasteiger partial charge in [0.25, 0.3) is 0 Å². The second-order valence-corrected chi connectivity index (χ2v) is 7.45. The lowest BCUT2D eigenvalue weighted by Crippen LogP contribution is -2.24. The summed E-state index contributed by atoms with van der Waals surface area (Å²) in [5.74, 6) is 0.781. The van der Waals surface area contributed by atoms with Gasteiger partial charge in [-0.15, -0.1) is 0 Å². The van der Waals surface area contributed by atoms with E-state index in [1.54, 1.807) is 6.92 Å². The molecule has 0 radical (unpaired) electrons. The predicted molar refractivity (Wildman–Crippen MR) is 102 cm³/mol. The van der Waals surface area contributed by atoms with Crippen LogP contribution in [0.1, 0.15) is 37.5 Å². The SMILES string of the molecule is CC(O)COc1ccc(Cc2ccc(C(C)(C)OCC3CO3)cc2)cc1. The van der Waals surface area contributed by atoms with Gasteiger partial charge < -0.3 is 19.3 Å². The summed E-state index contributed by atoms with van der Waals surface area (Å²) in [5, 5.41) is 9.27. The molecule has 0 aliphatic carbocycles. The van der Waals surface area contributed by atoms with Crippen molar-refractivity contribution in [2.24, 2.45) is 0 Å². The zero-order chi connectivity index (χ0) is 18.6. The van der Waals surface area contributed by atoms with Crippen molar-refractivity contribution < 1.29 is 19.3 Å². The van der Waals surface area contributed by atoms with Crippen molar-refractivity contribution in [3.05, 3.63) is 65.2 Å². The Labute approximate surface area is 155 Å². The molecule has 0 amide bonds. The molecule has 2 aromatic carbocycles. The molecule has 1 fully saturated rings. The number of ether oxygens (including phenoxy) is 3. The summed E-state index contributed by atoms with van der Waals surface area (Å²) in [6.45, 7) is 7.68. The van der Waals surface area contributed by atoms with Crippen molar-refractivity contribution in [2.75, 3.05) is 19.8 Å². The van der Waals surface area contributed by atoms with E-state index in [-0.39, 0.29) is 11.7 Å². The molecule has 1 heterocycles. The van der Waals surface area contributed by atoms with E-state index >= 15 is 0 Å². The Morgan fingerprint density at radius 3 is 2.19 bits per heavy atom. The second kappa shape index (κ2) is 8.21. The molecule has 2 aromatic rings. The first kappa shape index (κ1) is 18.9. The summed E-state index contributed by atoms with van der Waals surface area (Å²) in [4.78, 5) is 0. The molecule has 4 heteroatoms. The summed E-state index contributed by atoms with van der Waals surface area (Å²) in [6, 6.07) is 16.6. The maximum atomic E-state index is 9.27. The number of benzene rings is 2. The Kier molecular flexibility index (Phi) is 5.97. The smallest absolute Gasteiger partial charge is 0.119 e. The van der Waals surface area contributed by atoms with E-state index in [1.165, 1.54) is 16.7 Å². The average molecular weight is 356 g/mol. The first-order chi connectivity index (χ1) is 12.4. The molecule has 0 spiro atoms. The van der Waals surface area contributed by atoms with Crippen LogP contribution in [0.3, 0.4) is 0 Å². The third-order valence-electron chi connectivity index (χ3n) is 4.50. The zero-order valence-corrected chi connectivity index (χ0v) is 15.8. The fraction of sp³-hybridized carbons (Fsp3) is 0.455. The first-order valence-corrected chi connectivity index (χ1v) is 9.17. The van der Waals surface area contributed by atoms with E-state index in [9.17, 15) is 5.11 Å². The van der Waals surface area contributed by atoms with Crippen LogP contribution in [0, 0.1) is 0 Å². The molecule has 2 atom stereocenters. The van der Waals surface area contributed by atoms with Gasteiger partial charge in [-0.1, -0.05) is 36.4 Å². The molecule has 26 heavy (non-hydrogen) atoms. The van der Waals surface area contributed by atoms with Crippen LogP contribution >= 0.6 is 0 Å². The number of hydrogen-bond acceptors (Lipinski definition) is 4. The minimum atomic E-state index is -0.460. The normalized spacial score (nSPS) is 17.8. The van der Waals surface area contributed by atoms with Crippen LogP contribution in [-0.2, 0) is 21.5 Å². The van der Waals surface area contributed by atoms with Gasteiger partial charge in [0.1, 0.15) is 18.5 Å². The average Bonchev–Trinajstić information content (AvgIpc) is 3.44. The monoisotopic (exact) mass is 356 g/mol. The topological polar surface area (TPSA) is 51.2 Å². The van der Waals surface area contributed by atoms with E-state index < -0.39 is 6.10 Å². The maximum absolute atomic E-state index is 9.27. The molecule has 1 aliphatic heterocycles. The number of hydrogen-bond donors (Lipinski definition) is 1. The Bertz CT molecular complexity index is 685. The van der Waals surface area contributed by atoms with Crippen LogP contribution in [0.5, 0.6) is 5.75 Å². The van der Waals surface area contributed by atoms with Crippen LogP contribution in [0.2, 0.25) is 0 Å². The Morgan fingerprint density at radius 2 is 1.65 bits per heavy atom. The van der Waals surface area contributed by atoms with E-state index in [4.69, 9.17) is 14.2 Å². The van der Waals surface area contributed by atoms with Crippen molar-refractivity contribution >= 4 is 0 Å². The molecule has 1 saturated heterocycles. The Balaban J connectivity index is 1.56. The van der Waals surface area contributed by atoms with E-state index in [0.717, 1.165) is 18.8 Å². The predicted octanol–water partition coefficient (Wildman–Crippen LogP) is 3.69. The Morgan fingerprint density at radius 1 is 1.08 bits per heavy atom. The summed E-state index contributed by atoms with van der Waals surface area (Å²) in [6.07, 6.45) is 0.688. The minimum Gasteiger partial charge on any atom is -0.491 e. The molecule has 4 nitrogen and oxygen atoms in total. The summed E-state index contributed by atoms with van der Waals surface area (Å²) < 4.78 is 16.7. The maximum Gasteiger partial charge on any atom is 0.119 e. The van der Waals surface area contributed by atoms with Crippen LogP contribution in [0.25, 0.3) is 0 Å². The molecule has 140 valence electrons. The molecule has 1 N–H and O–H groups in total. The highest BCUT2D eigenvalue weighted by molar-refractivity contribution is 5.33. The fourth-order valence-electron chi connectivity index (χ4n) is 2.73. The highest BCUT2D eigenvalue weighted by Crippen LogP contribution is 2.27. The molecule has 0 saturated carbocycles.